The van der Waals surface area contributed by atoms with Crippen LogP contribution >= 0.6 is 0 Å². The van der Waals surface area contributed by atoms with Gasteiger partial charge in [-0.05, 0) is 37.1 Å². The van der Waals surface area contributed by atoms with Crippen molar-refractivity contribution in [2.75, 3.05) is 18.4 Å². The Morgan fingerprint density at radius 2 is 1.92 bits per heavy atom. The van der Waals surface area contributed by atoms with Gasteiger partial charge >= 0.3 is 0 Å². The van der Waals surface area contributed by atoms with Crippen LogP contribution in [-0.2, 0) is 4.79 Å². The zero-order chi connectivity index (χ0) is 17.8. The molecule has 0 saturated carbocycles. The van der Waals surface area contributed by atoms with Crippen LogP contribution in [-0.4, -0.2) is 34.9 Å². The first-order valence-electron chi connectivity index (χ1n) is 8.18. The lowest BCUT2D eigenvalue weighted by molar-refractivity contribution is -0.121. The monoisotopic (exact) mass is 342 g/mol. The third kappa shape index (κ3) is 3.96. The second-order valence-corrected chi connectivity index (χ2v) is 6.11. The third-order valence-corrected chi connectivity index (χ3v) is 4.31. The fourth-order valence-electron chi connectivity index (χ4n) is 2.98. The van der Waals surface area contributed by atoms with Gasteiger partial charge in [0.25, 0.3) is 5.91 Å². The topological polar surface area (TPSA) is 69.6 Å². The van der Waals surface area contributed by atoms with Crippen LogP contribution in [0.2, 0.25) is 0 Å². The number of benzene rings is 2. The van der Waals surface area contributed by atoms with Gasteiger partial charge in [-0.15, -0.1) is 0 Å². The number of phenols is 1. The minimum absolute atomic E-state index is 0.0225. The molecule has 0 aliphatic carbocycles. The number of hydrogen-bond donors (Lipinski definition) is 2. The van der Waals surface area contributed by atoms with E-state index in [4.69, 9.17) is 0 Å². The highest BCUT2D eigenvalue weighted by Crippen LogP contribution is 2.23. The predicted octanol–water partition coefficient (Wildman–Crippen LogP) is 3.02. The van der Waals surface area contributed by atoms with Gasteiger partial charge in [0, 0.05) is 24.7 Å². The van der Waals surface area contributed by atoms with Gasteiger partial charge in [0.1, 0.15) is 11.6 Å². The molecule has 1 saturated heterocycles. The van der Waals surface area contributed by atoms with Crippen LogP contribution in [0.3, 0.4) is 0 Å². The zero-order valence-corrected chi connectivity index (χ0v) is 13.6. The summed E-state index contributed by atoms with van der Waals surface area (Å²) < 4.78 is 13.8. The number of halogens is 1. The number of amides is 2. The molecule has 0 aromatic heterocycles. The van der Waals surface area contributed by atoms with Gasteiger partial charge in [-0.2, -0.15) is 0 Å². The maximum Gasteiger partial charge on any atom is 0.253 e. The molecule has 0 radical (unpaired) electrons. The van der Waals surface area contributed by atoms with Crippen molar-refractivity contribution in [1.82, 2.24) is 4.90 Å². The van der Waals surface area contributed by atoms with Crippen molar-refractivity contribution < 1.29 is 19.1 Å². The van der Waals surface area contributed by atoms with E-state index in [1.165, 1.54) is 12.1 Å². The van der Waals surface area contributed by atoms with Crippen LogP contribution in [0.15, 0.2) is 48.5 Å². The highest BCUT2D eigenvalue weighted by Gasteiger charge is 2.29. The fourth-order valence-corrected chi connectivity index (χ4v) is 2.98. The second-order valence-electron chi connectivity index (χ2n) is 6.11. The average Bonchev–Trinajstić information content (AvgIpc) is 2.64. The van der Waals surface area contributed by atoms with Crippen molar-refractivity contribution in [2.45, 2.75) is 12.8 Å². The van der Waals surface area contributed by atoms with Crippen molar-refractivity contribution in [1.29, 1.82) is 0 Å². The quantitative estimate of drug-likeness (QED) is 0.843. The lowest BCUT2D eigenvalue weighted by Crippen LogP contribution is -2.43. The first-order chi connectivity index (χ1) is 12.0. The van der Waals surface area contributed by atoms with E-state index in [-0.39, 0.29) is 23.3 Å². The number of nitrogens with zero attached hydrogens (tertiary/aromatic N) is 1. The number of carbonyl (C=O) groups excluding carboxylic acids is 2. The normalized spacial score (nSPS) is 17.2. The summed E-state index contributed by atoms with van der Waals surface area (Å²) in [5.74, 6) is -1.71. The Labute approximate surface area is 145 Å². The Kier molecular flexibility index (Phi) is 4.97. The van der Waals surface area contributed by atoms with E-state index in [1.807, 2.05) is 6.07 Å². The van der Waals surface area contributed by atoms with Crippen LogP contribution in [0, 0.1) is 11.7 Å². The number of rotatable bonds is 3. The van der Waals surface area contributed by atoms with Crippen LogP contribution < -0.4 is 5.32 Å². The van der Waals surface area contributed by atoms with E-state index in [0.29, 0.717) is 31.5 Å². The first-order valence-corrected chi connectivity index (χ1v) is 8.18. The molecule has 1 aliphatic heterocycles. The molecule has 1 heterocycles. The zero-order valence-electron chi connectivity index (χ0n) is 13.6. The molecule has 2 N–H and O–H groups in total. The fraction of sp³-hybridized carbons (Fsp3) is 0.263. The molecule has 1 fully saturated rings. The van der Waals surface area contributed by atoms with Crippen molar-refractivity contribution in [2.24, 2.45) is 5.92 Å². The molecule has 6 heteroatoms. The number of likely N-dealkylation sites (tertiary alicyclic amines) is 1. The Bertz CT molecular complexity index is 779. The van der Waals surface area contributed by atoms with Gasteiger partial charge in [0.2, 0.25) is 5.91 Å². The van der Waals surface area contributed by atoms with E-state index in [1.54, 1.807) is 29.2 Å². The Balaban J connectivity index is 1.66. The maximum atomic E-state index is 13.8. The third-order valence-electron chi connectivity index (χ3n) is 4.31. The summed E-state index contributed by atoms with van der Waals surface area (Å²) in [6, 6.07) is 12.5. The van der Waals surface area contributed by atoms with E-state index >= 15 is 0 Å². The predicted molar refractivity (Wildman–Crippen MR) is 91.8 cm³/mol. The lowest BCUT2D eigenvalue weighted by Gasteiger charge is -2.32. The number of phenolic OH excluding ortho intramolecular Hbond substituents is 1. The summed E-state index contributed by atoms with van der Waals surface area (Å²) in [5, 5.41) is 11.8. The summed E-state index contributed by atoms with van der Waals surface area (Å²) in [4.78, 5) is 26.6. The van der Waals surface area contributed by atoms with E-state index in [9.17, 15) is 19.1 Å². The molecular weight excluding hydrogens is 323 g/mol. The van der Waals surface area contributed by atoms with Gasteiger partial charge in [-0.1, -0.05) is 18.2 Å². The van der Waals surface area contributed by atoms with E-state index in [2.05, 4.69) is 5.32 Å². The van der Waals surface area contributed by atoms with Crippen LogP contribution in [0.5, 0.6) is 5.75 Å². The number of hydrogen-bond acceptors (Lipinski definition) is 3. The summed E-state index contributed by atoms with van der Waals surface area (Å²) in [7, 11) is 0. The van der Waals surface area contributed by atoms with E-state index in [0.717, 1.165) is 6.07 Å². The van der Waals surface area contributed by atoms with Crippen LogP contribution in [0.4, 0.5) is 10.1 Å². The highest BCUT2D eigenvalue weighted by atomic mass is 19.1. The minimum Gasteiger partial charge on any atom is -0.508 e. The molecule has 0 unspecified atom stereocenters. The Morgan fingerprint density at radius 3 is 2.64 bits per heavy atom. The summed E-state index contributed by atoms with van der Waals surface area (Å²) >= 11 is 0. The maximum absolute atomic E-state index is 13.8. The molecule has 3 rings (SSSR count). The number of anilines is 1. The summed E-state index contributed by atoms with van der Waals surface area (Å²) in [5.41, 5.74) is 0.613. The first kappa shape index (κ1) is 17.0. The molecule has 0 bridgehead atoms. The molecule has 0 spiro atoms. The number of piperidine rings is 1. The van der Waals surface area contributed by atoms with Gasteiger partial charge in [-0.25, -0.2) is 4.39 Å². The second kappa shape index (κ2) is 7.34. The SMILES string of the molecule is O=C(Nc1ccc(O)cc1F)[C@@H]1CCCN(C(=O)c2ccccc2)C1. The Morgan fingerprint density at radius 1 is 1.16 bits per heavy atom. The largest absolute Gasteiger partial charge is 0.508 e. The Hall–Kier alpha value is -2.89. The molecule has 5 nitrogen and oxygen atoms in total. The van der Waals surface area contributed by atoms with Crippen molar-refractivity contribution in [3.8, 4) is 5.75 Å². The molecule has 1 aliphatic rings. The molecule has 2 aromatic carbocycles. The molecular formula is C19H19FN2O3. The lowest BCUT2D eigenvalue weighted by atomic mass is 9.96. The van der Waals surface area contributed by atoms with Gasteiger partial charge in [0.05, 0.1) is 11.6 Å². The van der Waals surface area contributed by atoms with Crippen molar-refractivity contribution in [3.05, 3.63) is 59.9 Å². The average molecular weight is 342 g/mol. The number of nitrogens with one attached hydrogen (secondary N) is 1. The molecule has 25 heavy (non-hydrogen) atoms. The molecule has 1 atom stereocenters. The molecule has 2 aromatic rings. The smallest absolute Gasteiger partial charge is 0.253 e. The van der Waals surface area contributed by atoms with Crippen molar-refractivity contribution >= 4 is 17.5 Å². The van der Waals surface area contributed by atoms with Crippen molar-refractivity contribution in [3.63, 3.8) is 0 Å². The van der Waals surface area contributed by atoms with Crippen LogP contribution in [0.1, 0.15) is 23.2 Å². The summed E-state index contributed by atoms with van der Waals surface area (Å²) in [6.07, 6.45) is 1.36. The van der Waals surface area contributed by atoms with Gasteiger partial charge in [0.15, 0.2) is 0 Å². The number of aromatic hydroxyl groups is 1. The summed E-state index contributed by atoms with van der Waals surface area (Å²) in [6.45, 7) is 0.907. The van der Waals surface area contributed by atoms with Crippen LogP contribution in [0.25, 0.3) is 0 Å². The molecule has 130 valence electrons. The van der Waals surface area contributed by atoms with Gasteiger partial charge in [-0.3, -0.25) is 9.59 Å². The number of carbonyl (C=O) groups is 2. The van der Waals surface area contributed by atoms with E-state index < -0.39 is 11.7 Å². The minimum atomic E-state index is -0.693. The molecule has 2 amide bonds. The highest BCUT2D eigenvalue weighted by molar-refractivity contribution is 5.96. The van der Waals surface area contributed by atoms with Gasteiger partial charge < -0.3 is 15.3 Å². The standard InChI is InChI=1S/C19H19FN2O3/c20-16-11-15(23)8-9-17(16)21-18(24)14-7-4-10-22(12-14)19(25)13-5-2-1-3-6-13/h1-3,5-6,8-9,11,14,23H,4,7,10,12H2,(H,21,24)/t14-/m1/s1.